The number of nitrogens with zero attached hydrogens (tertiary/aromatic N) is 2. The van der Waals surface area contributed by atoms with Crippen molar-refractivity contribution >= 4 is 29.1 Å². The fourth-order valence-corrected chi connectivity index (χ4v) is 3.10. The molecule has 0 saturated heterocycles. The molecule has 0 saturated carbocycles. The van der Waals surface area contributed by atoms with Crippen LogP contribution in [0.5, 0.6) is 5.75 Å². The zero-order valence-corrected chi connectivity index (χ0v) is 15.1. The highest BCUT2D eigenvalue weighted by atomic mass is 35.5. The van der Waals surface area contributed by atoms with Gasteiger partial charge in [-0.3, -0.25) is 14.5 Å². The molecule has 1 heterocycles. The Kier molecular flexibility index (Phi) is 5.44. The van der Waals surface area contributed by atoms with Crippen LogP contribution in [0.15, 0.2) is 48.5 Å². The Morgan fingerprint density at radius 3 is 2.65 bits per heavy atom. The van der Waals surface area contributed by atoms with Crippen LogP contribution in [0.25, 0.3) is 0 Å². The van der Waals surface area contributed by atoms with Gasteiger partial charge in [-0.15, -0.1) is 0 Å². The molecule has 0 aromatic heterocycles. The van der Waals surface area contributed by atoms with Crippen molar-refractivity contribution in [3.63, 3.8) is 0 Å². The molecule has 0 spiro atoms. The monoisotopic (exact) mass is 373 g/mol. The normalized spacial score (nSPS) is 16.1. The van der Waals surface area contributed by atoms with E-state index in [1.165, 1.54) is 0 Å². The van der Waals surface area contributed by atoms with Crippen LogP contribution in [0.2, 0.25) is 5.02 Å². The minimum atomic E-state index is -0.859. The van der Waals surface area contributed by atoms with E-state index in [2.05, 4.69) is 0 Å². The predicted molar refractivity (Wildman–Crippen MR) is 100 cm³/mol. The second-order valence-electron chi connectivity index (χ2n) is 6.24. The van der Waals surface area contributed by atoms with Crippen molar-refractivity contribution in [1.82, 2.24) is 4.90 Å². The predicted octanol–water partition coefficient (Wildman–Crippen LogP) is 2.05. The first-order valence-electron chi connectivity index (χ1n) is 8.23. The summed E-state index contributed by atoms with van der Waals surface area (Å²) in [6.45, 7) is 0.812. The van der Waals surface area contributed by atoms with Crippen LogP contribution in [-0.4, -0.2) is 43.0 Å². The first-order chi connectivity index (χ1) is 12.5. The minimum Gasteiger partial charge on any atom is -0.477 e. The maximum Gasteiger partial charge on any atom is 0.260 e. The summed E-state index contributed by atoms with van der Waals surface area (Å²) in [6, 6.07) is 14.6. The Bertz CT molecular complexity index is 827. The van der Waals surface area contributed by atoms with Gasteiger partial charge in [0.25, 0.3) is 5.91 Å². The number of rotatable bonds is 5. The van der Waals surface area contributed by atoms with Gasteiger partial charge in [-0.2, -0.15) is 0 Å². The Morgan fingerprint density at radius 2 is 1.92 bits per heavy atom. The van der Waals surface area contributed by atoms with Crippen molar-refractivity contribution in [2.45, 2.75) is 12.6 Å². The lowest BCUT2D eigenvalue weighted by Gasteiger charge is -2.34. The second kappa shape index (κ2) is 7.76. The van der Waals surface area contributed by atoms with Gasteiger partial charge in [-0.1, -0.05) is 41.9 Å². The van der Waals surface area contributed by atoms with E-state index >= 15 is 0 Å². The van der Waals surface area contributed by atoms with Crippen molar-refractivity contribution in [2.75, 3.05) is 25.0 Å². The number of fused-ring (bicyclic) bond motifs is 1. The lowest BCUT2D eigenvalue weighted by atomic mass is 10.1. The van der Waals surface area contributed by atoms with Crippen molar-refractivity contribution in [3.8, 4) is 5.75 Å². The van der Waals surface area contributed by atoms with E-state index in [9.17, 15) is 9.59 Å². The summed E-state index contributed by atoms with van der Waals surface area (Å²) in [7, 11) is 1.85. The number of primary amides is 1. The summed E-state index contributed by atoms with van der Waals surface area (Å²) in [6.07, 6.45) is -0.859. The van der Waals surface area contributed by atoms with E-state index in [1.807, 2.05) is 42.3 Å². The van der Waals surface area contributed by atoms with E-state index in [4.69, 9.17) is 22.1 Å². The van der Waals surface area contributed by atoms with E-state index in [0.29, 0.717) is 23.0 Å². The summed E-state index contributed by atoms with van der Waals surface area (Å²) in [4.78, 5) is 27.9. The van der Waals surface area contributed by atoms with Crippen LogP contribution in [0, 0.1) is 0 Å². The molecule has 3 rings (SSSR count). The molecule has 2 N–H and O–H groups in total. The molecule has 6 nitrogen and oxygen atoms in total. The third kappa shape index (κ3) is 3.98. The number of carbonyl (C=O) groups excluding carboxylic acids is 2. The number of likely N-dealkylation sites (N-methyl/N-ethyl adjacent to an activating group) is 1. The molecule has 2 aromatic carbocycles. The van der Waals surface area contributed by atoms with Gasteiger partial charge in [0.05, 0.1) is 18.8 Å². The van der Waals surface area contributed by atoms with Gasteiger partial charge < -0.3 is 15.4 Å². The molecule has 0 aliphatic carbocycles. The molecule has 2 amide bonds. The van der Waals surface area contributed by atoms with Crippen molar-refractivity contribution in [1.29, 1.82) is 0 Å². The van der Waals surface area contributed by atoms with Gasteiger partial charge in [0.15, 0.2) is 6.10 Å². The van der Waals surface area contributed by atoms with E-state index in [-0.39, 0.29) is 19.0 Å². The average molecular weight is 374 g/mol. The van der Waals surface area contributed by atoms with Crippen molar-refractivity contribution in [2.24, 2.45) is 5.73 Å². The smallest absolute Gasteiger partial charge is 0.260 e. The van der Waals surface area contributed by atoms with Crippen LogP contribution in [0.4, 0.5) is 5.69 Å². The molecule has 0 radical (unpaired) electrons. The fraction of sp³-hybridized carbons (Fsp3) is 0.263. The van der Waals surface area contributed by atoms with Gasteiger partial charge in [0.1, 0.15) is 5.75 Å². The lowest BCUT2D eigenvalue weighted by molar-refractivity contribution is -0.125. The number of amides is 2. The SMILES string of the molecule is CN(CC(=O)N1C[C@H](C(N)=O)Oc2ccccc21)Cc1ccccc1Cl. The van der Waals surface area contributed by atoms with Crippen LogP contribution in [-0.2, 0) is 16.1 Å². The number of para-hydroxylation sites is 2. The van der Waals surface area contributed by atoms with E-state index in [1.54, 1.807) is 23.1 Å². The number of halogens is 1. The molecule has 2 aromatic rings. The summed E-state index contributed by atoms with van der Waals surface area (Å²) < 4.78 is 5.59. The fourth-order valence-electron chi connectivity index (χ4n) is 2.91. The maximum atomic E-state index is 12.9. The van der Waals surface area contributed by atoms with Crippen LogP contribution < -0.4 is 15.4 Å². The number of benzene rings is 2. The third-order valence-corrected chi connectivity index (χ3v) is 4.56. The number of carbonyl (C=O) groups is 2. The highest BCUT2D eigenvalue weighted by Gasteiger charge is 2.32. The summed E-state index contributed by atoms with van der Waals surface area (Å²) in [5.74, 6) is -0.257. The molecule has 0 bridgehead atoms. The first kappa shape index (κ1) is 18.2. The average Bonchev–Trinajstić information content (AvgIpc) is 2.62. The summed E-state index contributed by atoms with van der Waals surface area (Å²) in [5.41, 5.74) is 6.97. The quantitative estimate of drug-likeness (QED) is 0.870. The zero-order valence-electron chi connectivity index (χ0n) is 14.4. The molecule has 0 fully saturated rings. The van der Waals surface area contributed by atoms with Crippen molar-refractivity contribution < 1.29 is 14.3 Å². The number of hydrogen-bond acceptors (Lipinski definition) is 4. The molecule has 1 atom stereocenters. The first-order valence-corrected chi connectivity index (χ1v) is 8.61. The highest BCUT2D eigenvalue weighted by Crippen LogP contribution is 2.33. The van der Waals surface area contributed by atoms with Gasteiger partial charge in [0, 0.05) is 11.6 Å². The highest BCUT2D eigenvalue weighted by molar-refractivity contribution is 6.31. The molecule has 136 valence electrons. The Morgan fingerprint density at radius 1 is 1.23 bits per heavy atom. The minimum absolute atomic E-state index is 0.102. The van der Waals surface area contributed by atoms with Crippen LogP contribution in [0.1, 0.15) is 5.56 Å². The van der Waals surface area contributed by atoms with Gasteiger partial charge in [0.2, 0.25) is 5.91 Å². The van der Waals surface area contributed by atoms with E-state index < -0.39 is 12.0 Å². The van der Waals surface area contributed by atoms with Gasteiger partial charge in [-0.05, 0) is 30.8 Å². The zero-order chi connectivity index (χ0) is 18.7. The molecular formula is C19H20ClN3O3. The second-order valence-corrected chi connectivity index (χ2v) is 6.65. The van der Waals surface area contributed by atoms with E-state index in [0.717, 1.165) is 5.56 Å². The summed E-state index contributed by atoms with van der Waals surface area (Å²) in [5, 5.41) is 0.664. The molecule has 0 unspecified atom stereocenters. The van der Waals surface area contributed by atoms with Crippen LogP contribution >= 0.6 is 11.6 Å². The Hall–Kier alpha value is -2.57. The number of nitrogens with two attached hydrogens (primary N) is 1. The van der Waals surface area contributed by atoms with Gasteiger partial charge >= 0.3 is 0 Å². The maximum absolute atomic E-state index is 12.9. The molecule has 1 aliphatic rings. The van der Waals surface area contributed by atoms with Crippen molar-refractivity contribution in [3.05, 3.63) is 59.1 Å². The molecule has 1 aliphatic heterocycles. The third-order valence-electron chi connectivity index (χ3n) is 4.20. The topological polar surface area (TPSA) is 75.9 Å². The summed E-state index contributed by atoms with van der Waals surface area (Å²) >= 11 is 6.18. The number of anilines is 1. The Balaban J connectivity index is 1.74. The molecular weight excluding hydrogens is 354 g/mol. The Labute approximate surface area is 157 Å². The molecule has 7 heteroatoms. The van der Waals surface area contributed by atoms with Gasteiger partial charge in [-0.25, -0.2) is 0 Å². The van der Waals surface area contributed by atoms with Crippen LogP contribution in [0.3, 0.4) is 0 Å². The molecule has 26 heavy (non-hydrogen) atoms. The largest absolute Gasteiger partial charge is 0.477 e. The lowest BCUT2D eigenvalue weighted by Crippen LogP contribution is -2.51. The standard InChI is InChI=1S/C19H20ClN3O3/c1-22(10-13-6-2-3-7-14(13)20)12-18(24)23-11-17(19(21)25)26-16-9-5-4-8-15(16)23/h2-9,17H,10-12H2,1H3,(H2,21,25)/t17-/m1/s1. The number of ether oxygens (including phenoxy) is 1. The number of hydrogen-bond donors (Lipinski definition) is 1.